The zero-order chi connectivity index (χ0) is 12.8. The average molecular weight is 303 g/mol. The monoisotopic (exact) mass is 302 g/mol. The molecule has 0 spiro atoms. The van der Waals surface area contributed by atoms with Crippen molar-refractivity contribution in [2.75, 3.05) is 11.9 Å². The van der Waals surface area contributed by atoms with Crippen molar-refractivity contribution in [3.05, 3.63) is 28.5 Å². The van der Waals surface area contributed by atoms with Crippen molar-refractivity contribution in [3.8, 4) is 0 Å². The van der Waals surface area contributed by atoms with Crippen molar-refractivity contribution in [1.82, 2.24) is 0 Å². The Kier molecular flexibility index (Phi) is 5.58. The van der Waals surface area contributed by atoms with Crippen LogP contribution < -0.4 is 11.1 Å². The molecule has 1 aromatic rings. The second-order valence-corrected chi connectivity index (χ2v) is 4.75. The number of nitrogens with two attached hydrogens (primary N) is 1. The first-order valence-corrected chi connectivity index (χ1v) is 6.31. The van der Waals surface area contributed by atoms with Crippen LogP contribution in [0, 0.1) is 11.7 Å². The highest BCUT2D eigenvalue weighted by Crippen LogP contribution is 2.20. The van der Waals surface area contributed by atoms with Crippen LogP contribution in [0.4, 0.5) is 10.1 Å². The number of anilines is 1. The summed E-state index contributed by atoms with van der Waals surface area (Å²) < 4.78 is 13.3. The topological polar surface area (TPSA) is 55.1 Å². The highest BCUT2D eigenvalue weighted by atomic mass is 79.9. The zero-order valence-corrected chi connectivity index (χ0v) is 11.3. The Morgan fingerprint density at radius 3 is 2.82 bits per heavy atom. The average Bonchev–Trinajstić information content (AvgIpc) is 2.31. The predicted molar refractivity (Wildman–Crippen MR) is 70.2 cm³/mol. The fourth-order valence-corrected chi connectivity index (χ4v) is 1.82. The van der Waals surface area contributed by atoms with Gasteiger partial charge in [-0.15, -0.1) is 0 Å². The van der Waals surface area contributed by atoms with Crippen LogP contribution in [-0.4, -0.2) is 12.5 Å². The van der Waals surface area contributed by atoms with Crippen LogP contribution in [0.5, 0.6) is 0 Å². The number of amides is 1. The van der Waals surface area contributed by atoms with E-state index in [1.807, 2.05) is 6.92 Å². The van der Waals surface area contributed by atoms with Gasteiger partial charge in [0.25, 0.3) is 0 Å². The molecule has 1 rings (SSSR count). The minimum atomic E-state index is -0.351. The van der Waals surface area contributed by atoms with Crippen LogP contribution in [-0.2, 0) is 4.79 Å². The van der Waals surface area contributed by atoms with Crippen LogP contribution in [0.15, 0.2) is 22.7 Å². The second-order valence-electron chi connectivity index (χ2n) is 3.89. The maximum absolute atomic E-state index is 13.0. The molecule has 0 heterocycles. The summed E-state index contributed by atoms with van der Waals surface area (Å²) in [5.74, 6) is -0.254. The largest absolute Gasteiger partial charge is 0.330 e. The van der Waals surface area contributed by atoms with E-state index in [4.69, 9.17) is 5.73 Å². The molecule has 0 bridgehead atoms. The number of rotatable bonds is 5. The molecule has 0 aliphatic carbocycles. The number of hydrogen-bond acceptors (Lipinski definition) is 2. The number of halogens is 2. The molecule has 94 valence electrons. The second kappa shape index (κ2) is 6.71. The lowest BCUT2D eigenvalue weighted by atomic mass is 10.0. The van der Waals surface area contributed by atoms with Gasteiger partial charge in [0.05, 0.1) is 4.47 Å². The SMILES string of the molecule is CCC(CN)CC(=O)Nc1ccc(F)c(Br)c1. The molecule has 0 fully saturated rings. The molecule has 0 saturated carbocycles. The predicted octanol–water partition coefficient (Wildman–Crippen LogP) is 2.90. The van der Waals surface area contributed by atoms with Crippen LogP contribution in [0.3, 0.4) is 0 Å². The van der Waals surface area contributed by atoms with E-state index in [-0.39, 0.29) is 17.6 Å². The number of hydrogen-bond donors (Lipinski definition) is 2. The fourth-order valence-electron chi connectivity index (χ4n) is 1.44. The Morgan fingerprint density at radius 1 is 1.59 bits per heavy atom. The molecule has 1 aromatic carbocycles. The third-order valence-corrected chi connectivity index (χ3v) is 3.20. The molecule has 1 amide bonds. The summed E-state index contributed by atoms with van der Waals surface area (Å²) >= 11 is 3.07. The maximum atomic E-state index is 13.0. The van der Waals surface area contributed by atoms with Crippen molar-refractivity contribution in [2.24, 2.45) is 11.7 Å². The maximum Gasteiger partial charge on any atom is 0.224 e. The quantitative estimate of drug-likeness (QED) is 0.879. The first-order chi connectivity index (χ1) is 8.06. The first kappa shape index (κ1) is 14.1. The van der Waals surface area contributed by atoms with Crippen LogP contribution in [0.25, 0.3) is 0 Å². The molecule has 0 radical (unpaired) electrons. The van der Waals surface area contributed by atoms with Crippen molar-refractivity contribution in [2.45, 2.75) is 19.8 Å². The lowest BCUT2D eigenvalue weighted by Crippen LogP contribution is -2.21. The molecule has 0 aliphatic heterocycles. The number of carbonyl (C=O) groups is 1. The molecule has 1 atom stereocenters. The molecule has 5 heteroatoms. The normalized spacial score (nSPS) is 12.2. The van der Waals surface area contributed by atoms with Gasteiger partial charge in [-0.1, -0.05) is 13.3 Å². The van der Waals surface area contributed by atoms with Crippen molar-refractivity contribution < 1.29 is 9.18 Å². The third kappa shape index (κ3) is 4.44. The fraction of sp³-hybridized carbons (Fsp3) is 0.417. The van der Waals surface area contributed by atoms with E-state index in [1.165, 1.54) is 18.2 Å². The van der Waals surface area contributed by atoms with E-state index in [1.54, 1.807) is 0 Å². The molecule has 3 N–H and O–H groups in total. The summed E-state index contributed by atoms with van der Waals surface area (Å²) in [7, 11) is 0. The van der Waals surface area contributed by atoms with E-state index < -0.39 is 0 Å². The minimum absolute atomic E-state index is 0.0965. The van der Waals surface area contributed by atoms with Gasteiger partial charge in [0.15, 0.2) is 0 Å². The Morgan fingerprint density at radius 2 is 2.29 bits per heavy atom. The number of benzene rings is 1. The summed E-state index contributed by atoms with van der Waals surface area (Å²) in [6.07, 6.45) is 1.26. The summed E-state index contributed by atoms with van der Waals surface area (Å²) in [6.45, 7) is 2.50. The van der Waals surface area contributed by atoms with E-state index in [0.29, 0.717) is 23.1 Å². The molecule has 0 aliphatic rings. The summed E-state index contributed by atoms with van der Waals surface area (Å²) in [4.78, 5) is 11.7. The van der Waals surface area contributed by atoms with Crippen molar-refractivity contribution in [3.63, 3.8) is 0 Å². The highest BCUT2D eigenvalue weighted by molar-refractivity contribution is 9.10. The van der Waals surface area contributed by atoms with Gasteiger partial charge in [-0.2, -0.15) is 0 Å². The summed E-state index contributed by atoms with van der Waals surface area (Å²) in [5.41, 5.74) is 6.11. The Bertz CT molecular complexity index is 394. The molecule has 1 unspecified atom stereocenters. The molecule has 0 aromatic heterocycles. The summed E-state index contributed by atoms with van der Waals surface area (Å²) in [6, 6.07) is 4.37. The Labute approximate surface area is 109 Å². The van der Waals surface area contributed by atoms with Gasteiger partial charge in [-0.05, 0) is 46.6 Å². The van der Waals surface area contributed by atoms with Gasteiger partial charge < -0.3 is 11.1 Å². The lowest BCUT2D eigenvalue weighted by molar-refractivity contribution is -0.117. The highest BCUT2D eigenvalue weighted by Gasteiger charge is 2.11. The smallest absolute Gasteiger partial charge is 0.224 e. The standard InChI is InChI=1S/C12H16BrFN2O/c1-2-8(7-15)5-12(17)16-9-3-4-11(14)10(13)6-9/h3-4,6,8H,2,5,7,15H2,1H3,(H,16,17). The van der Waals surface area contributed by atoms with Crippen LogP contribution >= 0.6 is 15.9 Å². The van der Waals surface area contributed by atoms with Crippen molar-refractivity contribution in [1.29, 1.82) is 0 Å². The number of nitrogens with one attached hydrogen (secondary N) is 1. The molecular formula is C12H16BrFN2O. The van der Waals surface area contributed by atoms with E-state index in [0.717, 1.165) is 6.42 Å². The molecule has 17 heavy (non-hydrogen) atoms. The summed E-state index contributed by atoms with van der Waals surface area (Å²) in [5, 5.41) is 2.72. The van der Waals surface area contributed by atoms with Gasteiger partial charge in [-0.3, -0.25) is 4.79 Å². The molecular weight excluding hydrogens is 287 g/mol. The lowest BCUT2D eigenvalue weighted by Gasteiger charge is -2.12. The van der Waals surface area contributed by atoms with Gasteiger partial charge in [0.1, 0.15) is 5.82 Å². The van der Waals surface area contributed by atoms with E-state index >= 15 is 0 Å². The van der Waals surface area contributed by atoms with Gasteiger partial charge >= 0.3 is 0 Å². The third-order valence-electron chi connectivity index (χ3n) is 2.59. The Hall–Kier alpha value is -0.940. The van der Waals surface area contributed by atoms with Gasteiger partial charge in [0.2, 0.25) is 5.91 Å². The zero-order valence-electron chi connectivity index (χ0n) is 9.67. The van der Waals surface area contributed by atoms with Crippen LogP contribution in [0.2, 0.25) is 0 Å². The van der Waals surface area contributed by atoms with Gasteiger partial charge in [0, 0.05) is 12.1 Å². The molecule has 0 saturated heterocycles. The Balaban J connectivity index is 2.58. The first-order valence-electron chi connectivity index (χ1n) is 5.51. The van der Waals surface area contributed by atoms with Crippen molar-refractivity contribution >= 4 is 27.5 Å². The molecule has 3 nitrogen and oxygen atoms in total. The van der Waals surface area contributed by atoms with Gasteiger partial charge in [-0.25, -0.2) is 4.39 Å². The van der Waals surface area contributed by atoms with E-state index in [9.17, 15) is 9.18 Å². The minimum Gasteiger partial charge on any atom is -0.330 e. The van der Waals surface area contributed by atoms with Crippen LogP contribution in [0.1, 0.15) is 19.8 Å². The van der Waals surface area contributed by atoms with E-state index in [2.05, 4.69) is 21.2 Å². The number of carbonyl (C=O) groups excluding carboxylic acids is 1.